The minimum atomic E-state index is -2.03. The molecule has 0 fully saturated rings. The van der Waals surface area contributed by atoms with Crippen LogP contribution >= 0.6 is 24.4 Å². The van der Waals surface area contributed by atoms with Crippen LogP contribution in [0.4, 0.5) is 0 Å². The molecule has 12 atom stereocenters. The molecule has 0 saturated carbocycles. The Labute approximate surface area is 509 Å². The number of aliphatic carboxylic acids is 2. The molecule has 0 bridgehead atoms. The summed E-state index contributed by atoms with van der Waals surface area (Å²) < 4.78 is 0. The summed E-state index contributed by atoms with van der Waals surface area (Å²) in [7, 11) is 0. The number of hydrogen-bond donors (Lipinski definition) is 18. The van der Waals surface area contributed by atoms with E-state index in [-0.39, 0.29) is 31.4 Å². The van der Waals surface area contributed by atoms with Crippen molar-refractivity contribution in [1.29, 1.82) is 0 Å². The van der Waals surface area contributed by atoms with Crippen molar-refractivity contribution in [3.05, 3.63) is 90.0 Å². The Morgan fingerprint density at radius 2 is 0.931 bits per heavy atom. The Balaban J connectivity index is 1.95. The van der Waals surface area contributed by atoms with Gasteiger partial charge in [0.1, 0.15) is 54.4 Å². The molecule has 476 valence electrons. The van der Waals surface area contributed by atoms with Gasteiger partial charge in [-0.05, 0) is 56.2 Å². The van der Waals surface area contributed by atoms with E-state index in [1.807, 2.05) is 0 Å². The number of rotatable bonds is 39. The SMILES string of the molecule is CSCC[C@H](NC(=O)[C@H](Cc1ccccc1)NC(=O)[C@H](Cc1ccccc1)NC(=O)[C@H](CCC(N)=O)NC(=O)[C@H](CCC(=O)O)NC(=O)[C@H](CC(N)=O)NC(=O)[C@@H](NC(=O)[C@@H](NC(=O)[C@@H](N)Cc1cnc[nH]1)[C@@H](C)O)[C@@H](C)O)C(=O)N[C@@H](CS)C(=O)O. The Kier molecular flexibility index (Phi) is 30.9. The maximum atomic E-state index is 14.6. The van der Waals surface area contributed by atoms with Crippen LogP contribution in [-0.4, -0.2) is 198 Å². The summed E-state index contributed by atoms with van der Waals surface area (Å²) in [6.45, 7) is 2.17. The number of imidazole rings is 1. The number of H-pyrrole nitrogens is 1. The van der Waals surface area contributed by atoms with E-state index in [2.05, 4.69) is 70.4 Å². The van der Waals surface area contributed by atoms with Crippen LogP contribution in [0.3, 0.4) is 0 Å². The van der Waals surface area contributed by atoms with Crippen LogP contribution in [-0.2, 0) is 81.6 Å². The number of primary amides is 2. The molecule has 2 aromatic carbocycles. The molecule has 33 heteroatoms. The predicted octanol–water partition coefficient (Wildman–Crippen LogP) is -5.34. The van der Waals surface area contributed by atoms with Crippen LogP contribution in [0.15, 0.2) is 73.2 Å². The van der Waals surface area contributed by atoms with Gasteiger partial charge in [0.25, 0.3) is 0 Å². The van der Waals surface area contributed by atoms with Crippen LogP contribution in [0.25, 0.3) is 0 Å². The fourth-order valence-electron chi connectivity index (χ4n) is 8.25. The van der Waals surface area contributed by atoms with Gasteiger partial charge in [0, 0.05) is 49.7 Å². The molecule has 20 N–H and O–H groups in total. The molecule has 3 aromatic rings. The number of aliphatic hydroxyl groups is 2. The van der Waals surface area contributed by atoms with Gasteiger partial charge in [-0.1, -0.05) is 60.7 Å². The second-order valence-electron chi connectivity index (χ2n) is 20.1. The summed E-state index contributed by atoms with van der Waals surface area (Å²) in [5.41, 5.74) is 18.3. The molecule has 0 aliphatic rings. The molecule has 0 radical (unpaired) electrons. The zero-order chi connectivity index (χ0) is 64.9. The fourth-order valence-corrected chi connectivity index (χ4v) is 8.96. The first-order valence-corrected chi connectivity index (χ1v) is 29.2. The lowest BCUT2D eigenvalue weighted by atomic mass is 10.0. The molecule has 87 heavy (non-hydrogen) atoms. The third-order valence-electron chi connectivity index (χ3n) is 13.0. The highest BCUT2D eigenvalue weighted by Crippen LogP contribution is 2.12. The van der Waals surface area contributed by atoms with Crippen LogP contribution in [0, 0.1) is 0 Å². The standard InChI is InChI=1S/C54H76N14O17S2/c1-27(69)43(68-53(83)44(28(2)70)67-45(75)32(55)22-31-24-58-26-59-31)52(82)65-38(23-41(57)72)51(81)61-34(15-17-42(73)74)46(76)60-33(14-16-40(56)71)47(77)63-37(21-30-12-8-5-9-13-30)50(80)64-36(20-29-10-6-4-7-11-29)49(79)62-35(18-19-87-3)48(78)66-39(25-86)54(84)85/h4-13,24,26-28,32-39,43-44,69-70,86H,14-23,25,55H2,1-3H3,(H2,56,71)(H2,57,72)(H,58,59)(H,60,76)(H,61,81)(H,62,79)(H,63,77)(H,64,80)(H,65,82)(H,66,78)(H,67,75)(H,68,83)(H,73,74)(H,84,85)/t27-,28-,32+,33+,34+,35+,36+,37+,38+,39+,43+,44+/m1/s1. The van der Waals surface area contributed by atoms with Gasteiger partial charge in [-0.3, -0.25) is 57.5 Å². The molecule has 3 rings (SSSR count). The van der Waals surface area contributed by atoms with Gasteiger partial charge in [0.15, 0.2) is 0 Å². The highest BCUT2D eigenvalue weighted by atomic mass is 32.2. The average molecular weight is 1260 g/mol. The van der Waals surface area contributed by atoms with Crippen LogP contribution < -0.4 is 65.1 Å². The maximum Gasteiger partial charge on any atom is 0.327 e. The lowest BCUT2D eigenvalue weighted by molar-refractivity contribution is -0.141. The topological polar surface area (TPSA) is 518 Å². The molecular weight excluding hydrogens is 1180 g/mol. The Morgan fingerprint density at radius 1 is 0.529 bits per heavy atom. The number of nitrogens with one attached hydrogen (secondary N) is 10. The number of thiol groups is 1. The molecule has 1 heterocycles. The van der Waals surface area contributed by atoms with E-state index in [1.54, 1.807) is 66.9 Å². The molecule has 31 nitrogen and oxygen atoms in total. The van der Waals surface area contributed by atoms with Crippen molar-refractivity contribution in [3.63, 3.8) is 0 Å². The van der Waals surface area contributed by atoms with E-state index >= 15 is 0 Å². The first-order chi connectivity index (χ1) is 41.1. The molecule has 0 aliphatic carbocycles. The fraction of sp³-hybridized carbons (Fsp3) is 0.481. The van der Waals surface area contributed by atoms with E-state index in [9.17, 15) is 82.8 Å². The molecule has 0 saturated heterocycles. The van der Waals surface area contributed by atoms with E-state index < -0.39 is 182 Å². The predicted molar refractivity (Wildman–Crippen MR) is 315 cm³/mol. The number of carbonyl (C=O) groups is 13. The van der Waals surface area contributed by atoms with Gasteiger partial charge in [-0.25, -0.2) is 9.78 Å². The smallest absolute Gasteiger partial charge is 0.327 e. The van der Waals surface area contributed by atoms with Crippen molar-refractivity contribution in [2.24, 2.45) is 17.2 Å². The van der Waals surface area contributed by atoms with Gasteiger partial charge < -0.3 is 90.5 Å². The Hall–Kier alpha value is -8.66. The number of aliphatic hydroxyl groups excluding tert-OH is 2. The summed E-state index contributed by atoms with van der Waals surface area (Å²) in [5, 5.41) is 61.5. The zero-order valence-electron chi connectivity index (χ0n) is 47.8. The number of nitrogens with two attached hydrogens (primary N) is 3. The molecule has 1 aromatic heterocycles. The largest absolute Gasteiger partial charge is 0.481 e. The zero-order valence-corrected chi connectivity index (χ0v) is 49.5. The number of carbonyl (C=O) groups excluding carboxylic acids is 11. The maximum absolute atomic E-state index is 14.6. The minimum absolute atomic E-state index is 0.0360. The molecule has 0 aliphatic heterocycles. The molecular formula is C54H76N14O17S2. The molecule has 0 spiro atoms. The lowest BCUT2D eigenvalue weighted by Crippen LogP contribution is -2.63. The van der Waals surface area contributed by atoms with E-state index in [0.717, 1.165) is 13.8 Å². The third-order valence-corrected chi connectivity index (χ3v) is 14.0. The van der Waals surface area contributed by atoms with Crippen molar-refractivity contribution < 1.29 is 82.8 Å². The number of amides is 11. The summed E-state index contributed by atoms with van der Waals surface area (Å²) in [4.78, 5) is 180. The van der Waals surface area contributed by atoms with Crippen molar-refractivity contribution in [2.75, 3.05) is 17.8 Å². The molecule has 0 unspecified atom stereocenters. The monoisotopic (exact) mass is 1260 g/mol. The highest BCUT2D eigenvalue weighted by molar-refractivity contribution is 7.98. The minimum Gasteiger partial charge on any atom is -0.481 e. The van der Waals surface area contributed by atoms with Gasteiger partial charge in [0.2, 0.25) is 65.0 Å². The van der Waals surface area contributed by atoms with E-state index in [4.69, 9.17) is 17.2 Å². The van der Waals surface area contributed by atoms with Gasteiger partial charge in [-0.2, -0.15) is 24.4 Å². The van der Waals surface area contributed by atoms with E-state index in [0.29, 0.717) is 22.6 Å². The Bertz CT molecular complexity index is 2840. The number of thioether (sulfide) groups is 1. The van der Waals surface area contributed by atoms with Crippen molar-refractivity contribution in [1.82, 2.24) is 57.8 Å². The summed E-state index contributed by atoms with van der Waals surface area (Å²) in [5.74, 6) is -14.9. The third kappa shape index (κ3) is 25.8. The average Bonchev–Trinajstić information content (AvgIpc) is 3.71. The number of carboxylic acids is 2. The number of aromatic amines is 1. The van der Waals surface area contributed by atoms with E-state index in [1.165, 1.54) is 24.3 Å². The number of benzene rings is 2. The second kappa shape index (κ2) is 37.0. The normalized spacial score (nSPS) is 15.2. The first kappa shape index (κ1) is 72.6. The van der Waals surface area contributed by atoms with Gasteiger partial charge in [0.05, 0.1) is 31.0 Å². The van der Waals surface area contributed by atoms with Crippen LogP contribution in [0.2, 0.25) is 0 Å². The first-order valence-electron chi connectivity index (χ1n) is 27.1. The number of nitrogens with zero attached hydrogens (tertiary/aromatic N) is 1. The Morgan fingerprint density at radius 3 is 1.33 bits per heavy atom. The number of aromatic nitrogens is 2. The molecule has 11 amide bonds. The van der Waals surface area contributed by atoms with Crippen molar-refractivity contribution in [2.45, 2.75) is 144 Å². The highest BCUT2D eigenvalue weighted by Gasteiger charge is 2.38. The van der Waals surface area contributed by atoms with Crippen LogP contribution in [0.5, 0.6) is 0 Å². The summed E-state index contributed by atoms with van der Waals surface area (Å²) >= 11 is 5.33. The number of hydrogen-bond acceptors (Lipinski definition) is 19. The van der Waals surface area contributed by atoms with Crippen LogP contribution in [0.1, 0.15) is 69.2 Å². The second-order valence-corrected chi connectivity index (χ2v) is 21.4. The number of carboxylic acid groups (broad SMARTS) is 2. The summed E-state index contributed by atoms with van der Waals surface area (Å²) in [6, 6.07) is -0.0136. The summed E-state index contributed by atoms with van der Waals surface area (Å²) in [6.07, 6.45) is -3.08. The van der Waals surface area contributed by atoms with Gasteiger partial charge in [-0.15, -0.1) is 0 Å². The van der Waals surface area contributed by atoms with Crippen molar-refractivity contribution in [3.8, 4) is 0 Å². The van der Waals surface area contributed by atoms with Gasteiger partial charge >= 0.3 is 11.9 Å². The van der Waals surface area contributed by atoms with Crippen molar-refractivity contribution >= 4 is 101 Å². The quantitative estimate of drug-likeness (QED) is 0.0237. The lowest BCUT2D eigenvalue weighted by Gasteiger charge is -2.29.